The van der Waals surface area contributed by atoms with E-state index in [1.165, 1.54) is 0 Å². The van der Waals surface area contributed by atoms with E-state index in [0.717, 1.165) is 37.3 Å². The van der Waals surface area contributed by atoms with Gasteiger partial charge in [-0.05, 0) is 18.6 Å². The number of aromatic nitrogens is 2. The summed E-state index contributed by atoms with van der Waals surface area (Å²) in [4.78, 5) is 15.8. The molecule has 1 aromatic heterocycles. The van der Waals surface area contributed by atoms with E-state index in [-0.39, 0.29) is 0 Å². The molecule has 1 N–H and O–H groups in total. The van der Waals surface area contributed by atoms with Gasteiger partial charge in [-0.15, -0.1) is 0 Å². The monoisotopic (exact) mass is 261 g/mol. The van der Waals surface area contributed by atoms with E-state index in [1.807, 2.05) is 16.7 Å². The van der Waals surface area contributed by atoms with Crippen molar-refractivity contribution in [2.24, 2.45) is 0 Å². The molecular formula is C13H12ClN3O. The number of nitrogens with one attached hydrogen (secondary N) is 1. The molecule has 4 nitrogen and oxygen atoms in total. The third-order valence-corrected chi connectivity index (χ3v) is 3.33. The van der Waals surface area contributed by atoms with Crippen LogP contribution in [-0.4, -0.2) is 22.4 Å². The molecule has 5 heteroatoms. The minimum Gasteiger partial charge on any atom is -0.356 e. The first kappa shape index (κ1) is 11.3. The molecule has 3 rings (SSSR count). The second-order valence-corrected chi connectivity index (χ2v) is 4.66. The Kier molecular flexibility index (Phi) is 2.80. The highest BCUT2D eigenvalue weighted by Crippen LogP contribution is 2.28. The lowest BCUT2D eigenvalue weighted by Crippen LogP contribution is -2.18. The summed E-state index contributed by atoms with van der Waals surface area (Å²) >= 11 is 5.87. The second-order valence-electron chi connectivity index (χ2n) is 4.23. The smallest absolute Gasteiger partial charge is 0.203 e. The standard InChI is InChI=1S/C13H12ClN3O/c14-10-4-2-9(3-5-10)12-11(8-18)17-7-1-6-15-13(17)16-12/h2-5,8H,1,6-7H2,(H,15,16). The SMILES string of the molecule is O=Cc1c(-c2ccc(Cl)cc2)nc2n1CCCN2. The summed E-state index contributed by atoms with van der Waals surface area (Å²) < 4.78 is 1.93. The summed E-state index contributed by atoms with van der Waals surface area (Å²) in [5.41, 5.74) is 2.25. The summed E-state index contributed by atoms with van der Waals surface area (Å²) in [5.74, 6) is 0.772. The minimum atomic E-state index is 0.625. The van der Waals surface area contributed by atoms with E-state index in [4.69, 9.17) is 11.6 Å². The maximum atomic E-state index is 11.3. The van der Waals surface area contributed by atoms with Gasteiger partial charge < -0.3 is 9.88 Å². The summed E-state index contributed by atoms with van der Waals surface area (Å²) in [6.07, 6.45) is 1.87. The van der Waals surface area contributed by atoms with Crippen molar-refractivity contribution in [1.82, 2.24) is 9.55 Å². The number of aldehydes is 1. The number of carbonyl (C=O) groups excluding carboxylic acids is 1. The van der Waals surface area contributed by atoms with Crippen LogP contribution in [0.1, 0.15) is 16.9 Å². The van der Waals surface area contributed by atoms with Crippen molar-refractivity contribution in [3.63, 3.8) is 0 Å². The van der Waals surface area contributed by atoms with Crippen molar-refractivity contribution >= 4 is 23.8 Å². The van der Waals surface area contributed by atoms with Crippen LogP contribution in [-0.2, 0) is 6.54 Å². The molecule has 0 bridgehead atoms. The number of fused-ring (bicyclic) bond motifs is 1. The number of benzene rings is 1. The molecule has 18 heavy (non-hydrogen) atoms. The van der Waals surface area contributed by atoms with E-state index in [9.17, 15) is 4.79 Å². The Balaban J connectivity index is 2.14. The van der Waals surface area contributed by atoms with E-state index < -0.39 is 0 Å². The number of nitrogens with zero attached hydrogens (tertiary/aromatic N) is 2. The molecule has 0 amide bonds. The van der Waals surface area contributed by atoms with Crippen LogP contribution in [0.3, 0.4) is 0 Å². The van der Waals surface area contributed by atoms with Crippen molar-refractivity contribution < 1.29 is 4.79 Å². The van der Waals surface area contributed by atoms with Crippen LogP contribution in [0, 0.1) is 0 Å². The number of carbonyl (C=O) groups is 1. The molecule has 0 fully saturated rings. The highest BCUT2D eigenvalue weighted by molar-refractivity contribution is 6.30. The number of imidazole rings is 1. The van der Waals surface area contributed by atoms with Crippen LogP contribution in [0.5, 0.6) is 0 Å². The molecule has 0 unspecified atom stereocenters. The number of hydrogen-bond donors (Lipinski definition) is 1. The van der Waals surface area contributed by atoms with Crippen LogP contribution in [0.25, 0.3) is 11.3 Å². The Bertz CT molecular complexity index is 589. The third-order valence-electron chi connectivity index (χ3n) is 3.08. The fourth-order valence-electron chi connectivity index (χ4n) is 2.20. The van der Waals surface area contributed by atoms with Crippen molar-refractivity contribution in [1.29, 1.82) is 0 Å². The number of anilines is 1. The number of rotatable bonds is 2. The van der Waals surface area contributed by atoms with Gasteiger partial charge in [-0.2, -0.15) is 0 Å². The van der Waals surface area contributed by atoms with Gasteiger partial charge in [0.05, 0.1) is 0 Å². The molecule has 0 saturated carbocycles. The van der Waals surface area contributed by atoms with Crippen LogP contribution in [0.2, 0.25) is 5.02 Å². The predicted octanol–water partition coefficient (Wildman–Crippen LogP) is 2.83. The lowest BCUT2D eigenvalue weighted by molar-refractivity contribution is 0.111. The maximum absolute atomic E-state index is 11.3. The van der Waals surface area contributed by atoms with Gasteiger partial charge >= 0.3 is 0 Å². The summed E-state index contributed by atoms with van der Waals surface area (Å²) in [6, 6.07) is 7.36. The van der Waals surface area contributed by atoms with Crippen LogP contribution in [0.15, 0.2) is 24.3 Å². The molecule has 2 heterocycles. The Hall–Kier alpha value is -1.81. The van der Waals surface area contributed by atoms with Crippen molar-refractivity contribution in [3.05, 3.63) is 35.0 Å². The first-order valence-corrected chi connectivity index (χ1v) is 6.23. The molecule has 0 aliphatic carbocycles. The average molecular weight is 262 g/mol. The lowest BCUT2D eigenvalue weighted by atomic mass is 10.1. The highest BCUT2D eigenvalue weighted by Gasteiger charge is 2.19. The maximum Gasteiger partial charge on any atom is 0.203 e. The minimum absolute atomic E-state index is 0.625. The van der Waals surface area contributed by atoms with Gasteiger partial charge in [0.25, 0.3) is 0 Å². The van der Waals surface area contributed by atoms with Gasteiger partial charge in [-0.25, -0.2) is 4.98 Å². The number of hydrogen-bond acceptors (Lipinski definition) is 3. The van der Waals surface area contributed by atoms with Gasteiger partial charge in [-0.1, -0.05) is 23.7 Å². The zero-order valence-corrected chi connectivity index (χ0v) is 10.4. The third kappa shape index (κ3) is 1.78. The predicted molar refractivity (Wildman–Crippen MR) is 71.2 cm³/mol. The zero-order chi connectivity index (χ0) is 12.5. The molecule has 0 radical (unpaired) electrons. The average Bonchev–Trinajstić information content (AvgIpc) is 2.78. The molecule has 92 valence electrons. The first-order chi connectivity index (χ1) is 8.79. The topological polar surface area (TPSA) is 46.9 Å². The highest BCUT2D eigenvalue weighted by atomic mass is 35.5. The van der Waals surface area contributed by atoms with Crippen LogP contribution in [0.4, 0.5) is 5.95 Å². The zero-order valence-electron chi connectivity index (χ0n) is 9.69. The van der Waals surface area contributed by atoms with Gasteiger partial charge in [0.15, 0.2) is 6.29 Å². The molecule has 0 atom stereocenters. The van der Waals surface area contributed by atoms with Gasteiger partial charge in [0.2, 0.25) is 5.95 Å². The molecule has 1 aliphatic heterocycles. The van der Waals surface area contributed by atoms with Crippen LogP contribution >= 0.6 is 11.6 Å². The van der Waals surface area contributed by atoms with Crippen molar-refractivity contribution in [2.45, 2.75) is 13.0 Å². The fraction of sp³-hybridized carbons (Fsp3) is 0.231. The normalized spacial score (nSPS) is 13.8. The Morgan fingerprint density at radius 1 is 1.33 bits per heavy atom. The van der Waals surface area contributed by atoms with Crippen molar-refractivity contribution in [3.8, 4) is 11.3 Å². The first-order valence-electron chi connectivity index (χ1n) is 5.85. The largest absolute Gasteiger partial charge is 0.356 e. The molecule has 1 aromatic carbocycles. The van der Waals surface area contributed by atoms with Crippen LogP contribution < -0.4 is 5.32 Å². The summed E-state index contributed by atoms with van der Waals surface area (Å²) in [7, 11) is 0. The van der Waals surface area contributed by atoms with Gasteiger partial charge in [0.1, 0.15) is 11.4 Å². The van der Waals surface area contributed by atoms with Gasteiger partial charge in [-0.3, -0.25) is 4.79 Å². The Morgan fingerprint density at radius 3 is 2.83 bits per heavy atom. The number of halogens is 1. The molecule has 1 aliphatic rings. The molecule has 0 saturated heterocycles. The quantitative estimate of drug-likeness (QED) is 0.846. The molecular weight excluding hydrogens is 250 g/mol. The Morgan fingerprint density at radius 2 is 2.11 bits per heavy atom. The fourth-order valence-corrected chi connectivity index (χ4v) is 2.33. The Labute approximate surface area is 110 Å². The van der Waals surface area contributed by atoms with E-state index in [2.05, 4.69) is 10.3 Å². The molecule has 0 spiro atoms. The summed E-state index contributed by atoms with van der Waals surface area (Å²) in [6.45, 7) is 1.73. The van der Waals surface area contributed by atoms with E-state index in [1.54, 1.807) is 12.1 Å². The van der Waals surface area contributed by atoms with Crippen molar-refractivity contribution in [2.75, 3.05) is 11.9 Å². The molecule has 2 aromatic rings. The van der Waals surface area contributed by atoms with E-state index >= 15 is 0 Å². The summed E-state index contributed by atoms with van der Waals surface area (Å²) in [5, 5.41) is 3.88. The van der Waals surface area contributed by atoms with Gasteiger partial charge in [0, 0.05) is 23.7 Å². The van der Waals surface area contributed by atoms with E-state index in [0.29, 0.717) is 16.4 Å². The second kappa shape index (κ2) is 4.46. The lowest BCUT2D eigenvalue weighted by Gasteiger charge is -2.15.